The second-order valence-electron chi connectivity index (χ2n) is 11.1. The molecule has 4 aromatic rings. The molecule has 0 amide bonds. The number of ether oxygens (including phenoxy) is 2. The van der Waals surface area contributed by atoms with Gasteiger partial charge in [0.1, 0.15) is 17.0 Å². The first-order chi connectivity index (χ1) is 19.9. The molecule has 6 rings (SSSR count). The zero-order chi connectivity index (χ0) is 30.0. The average Bonchev–Trinajstić information content (AvgIpc) is 3.41. The fourth-order valence-corrected chi connectivity index (χ4v) is 7.23. The normalized spacial score (nSPS) is 19.2. The smallest absolute Gasteiger partial charge is 0.269 e. The largest absolute Gasteiger partial charge is 0.486 e. The Morgan fingerprint density at radius 1 is 1.02 bits per heavy atom. The Morgan fingerprint density at radius 2 is 1.76 bits per heavy atom. The van der Waals surface area contributed by atoms with Gasteiger partial charge in [0.2, 0.25) is 0 Å². The Bertz CT molecular complexity index is 1910. The minimum Gasteiger partial charge on any atom is -0.486 e. The summed E-state index contributed by atoms with van der Waals surface area (Å²) in [4.78, 5) is 16.5. The van der Waals surface area contributed by atoms with Gasteiger partial charge in [-0.2, -0.15) is 0 Å². The number of anilines is 2. The molecule has 0 spiro atoms. The maximum absolute atomic E-state index is 13.6. The van der Waals surface area contributed by atoms with Crippen LogP contribution in [-0.4, -0.2) is 81.0 Å². The average molecular weight is 613 g/mol. The third-order valence-electron chi connectivity index (χ3n) is 8.02. The molecule has 5 heterocycles. The number of sulfone groups is 1. The quantitative estimate of drug-likeness (QED) is 0.343. The van der Waals surface area contributed by atoms with Gasteiger partial charge in [-0.25, -0.2) is 35.8 Å². The van der Waals surface area contributed by atoms with E-state index in [4.69, 9.17) is 19.4 Å². The lowest BCUT2D eigenvalue weighted by Crippen LogP contribution is -2.56. The van der Waals surface area contributed by atoms with E-state index in [1.54, 1.807) is 45.2 Å². The molecule has 42 heavy (non-hydrogen) atoms. The van der Waals surface area contributed by atoms with E-state index in [2.05, 4.69) is 15.2 Å². The van der Waals surface area contributed by atoms with Crippen LogP contribution < -0.4 is 15.0 Å². The summed E-state index contributed by atoms with van der Waals surface area (Å²) < 4.78 is 64.9. The van der Waals surface area contributed by atoms with Gasteiger partial charge in [0, 0.05) is 24.9 Å². The number of rotatable bonds is 6. The van der Waals surface area contributed by atoms with Gasteiger partial charge in [0.25, 0.3) is 10.0 Å². The summed E-state index contributed by atoms with van der Waals surface area (Å²) in [6, 6.07) is 9.59. The SMILES string of the molecule is CNc1cnc2c(ccn2S(=O)(=O)c2ccccc2)c1-c1nc2c(c(C(C)(C)S(C)(=O)=O)n1)OC[C@H]1COC[C@@H](C)N21. The highest BCUT2D eigenvalue weighted by atomic mass is 32.2. The lowest BCUT2D eigenvalue weighted by molar-refractivity contribution is 0.0482. The zero-order valence-electron chi connectivity index (χ0n) is 23.9. The van der Waals surface area contributed by atoms with E-state index < -0.39 is 24.6 Å². The topological polar surface area (TPSA) is 146 Å². The molecule has 0 saturated carbocycles. The summed E-state index contributed by atoms with van der Waals surface area (Å²) in [6.07, 6.45) is 4.14. The molecule has 2 aliphatic rings. The molecule has 14 heteroatoms. The van der Waals surface area contributed by atoms with Crippen molar-refractivity contribution < 1.29 is 26.3 Å². The maximum atomic E-state index is 13.6. The van der Waals surface area contributed by atoms with Crippen LogP contribution in [0.2, 0.25) is 0 Å². The molecular formula is C28H32N6O6S2. The van der Waals surface area contributed by atoms with Crippen molar-refractivity contribution in [2.45, 2.75) is 42.5 Å². The predicted molar refractivity (Wildman–Crippen MR) is 159 cm³/mol. The highest BCUT2D eigenvalue weighted by Gasteiger charge is 2.44. The second kappa shape index (κ2) is 9.92. The highest BCUT2D eigenvalue weighted by Crippen LogP contribution is 2.46. The lowest BCUT2D eigenvalue weighted by atomic mass is 10.0. The fraction of sp³-hybridized carbons (Fsp3) is 0.393. The molecule has 2 atom stereocenters. The monoisotopic (exact) mass is 612 g/mol. The summed E-state index contributed by atoms with van der Waals surface area (Å²) in [5, 5.41) is 3.59. The van der Waals surface area contributed by atoms with Crippen LogP contribution >= 0.6 is 0 Å². The van der Waals surface area contributed by atoms with Crippen LogP contribution in [0.3, 0.4) is 0 Å². The van der Waals surface area contributed by atoms with Gasteiger partial charge >= 0.3 is 0 Å². The number of hydrogen-bond donors (Lipinski definition) is 1. The number of hydrogen-bond acceptors (Lipinski definition) is 11. The summed E-state index contributed by atoms with van der Waals surface area (Å²) in [6.45, 7) is 6.42. The standard InChI is InChI=1S/C28H32N6O6S2/c1-17-14-39-15-18-16-40-23-24(28(2,3)41(5,35)36)31-25(32-27(23)34(17)18)22-20-11-12-33(26(20)30-13-21(22)29-4)42(37,38)19-9-7-6-8-10-19/h6-13,17-18,29H,14-16H2,1-5H3/t17-,18-/m1/s1. The van der Waals surface area contributed by atoms with E-state index in [0.717, 1.165) is 3.97 Å². The Balaban J connectivity index is 1.65. The number of nitrogens with one attached hydrogen (secondary N) is 1. The van der Waals surface area contributed by atoms with Crippen LogP contribution in [0, 0.1) is 0 Å². The number of aromatic nitrogens is 4. The molecule has 12 nitrogen and oxygen atoms in total. The van der Waals surface area contributed by atoms with E-state index in [0.29, 0.717) is 48.0 Å². The van der Waals surface area contributed by atoms with Crippen LogP contribution in [0.1, 0.15) is 26.5 Å². The van der Waals surface area contributed by atoms with Crippen molar-refractivity contribution in [3.63, 3.8) is 0 Å². The Hall–Kier alpha value is -3.75. The van der Waals surface area contributed by atoms with Crippen molar-refractivity contribution in [2.24, 2.45) is 0 Å². The van der Waals surface area contributed by atoms with Crippen LogP contribution in [0.15, 0.2) is 53.7 Å². The minimum atomic E-state index is -3.96. The zero-order valence-corrected chi connectivity index (χ0v) is 25.5. The molecule has 0 unspecified atom stereocenters. The van der Waals surface area contributed by atoms with Crippen LogP contribution in [-0.2, 0) is 29.3 Å². The number of fused-ring (bicyclic) bond motifs is 4. The van der Waals surface area contributed by atoms with Gasteiger partial charge in [-0.1, -0.05) is 18.2 Å². The van der Waals surface area contributed by atoms with Crippen LogP contribution in [0.5, 0.6) is 5.75 Å². The van der Waals surface area contributed by atoms with E-state index in [1.165, 1.54) is 30.8 Å². The van der Waals surface area contributed by atoms with E-state index in [9.17, 15) is 16.8 Å². The number of morpholine rings is 1. The van der Waals surface area contributed by atoms with Gasteiger partial charge in [0.15, 0.2) is 32.9 Å². The third kappa shape index (κ3) is 4.31. The molecule has 1 saturated heterocycles. The molecular weight excluding hydrogens is 580 g/mol. The predicted octanol–water partition coefficient (Wildman–Crippen LogP) is 3.04. The lowest BCUT2D eigenvalue weighted by Gasteiger charge is -2.45. The molecule has 0 bridgehead atoms. The fourth-order valence-electron chi connectivity index (χ4n) is 5.42. The molecule has 1 N–H and O–H groups in total. The first kappa shape index (κ1) is 28.4. The van der Waals surface area contributed by atoms with Gasteiger partial charge in [-0.15, -0.1) is 0 Å². The second-order valence-corrected chi connectivity index (χ2v) is 15.4. The van der Waals surface area contributed by atoms with E-state index in [1.807, 2.05) is 6.92 Å². The van der Waals surface area contributed by atoms with Gasteiger partial charge < -0.3 is 19.7 Å². The van der Waals surface area contributed by atoms with Gasteiger partial charge in [0.05, 0.1) is 47.6 Å². The van der Waals surface area contributed by atoms with Crippen LogP contribution in [0.25, 0.3) is 22.4 Å². The summed E-state index contributed by atoms with van der Waals surface area (Å²) in [7, 11) is -5.90. The van der Waals surface area contributed by atoms with Crippen LogP contribution in [0.4, 0.5) is 11.5 Å². The molecule has 0 radical (unpaired) electrons. The number of nitrogens with zero attached hydrogens (tertiary/aromatic N) is 5. The highest BCUT2D eigenvalue weighted by molar-refractivity contribution is 7.91. The number of pyridine rings is 1. The molecule has 1 fully saturated rings. The Labute approximate surface area is 244 Å². The van der Waals surface area contributed by atoms with Crippen molar-refractivity contribution in [3.05, 3.63) is 54.5 Å². The first-order valence-electron chi connectivity index (χ1n) is 13.5. The van der Waals surface area contributed by atoms with Crippen molar-refractivity contribution >= 4 is 42.4 Å². The first-order valence-corrected chi connectivity index (χ1v) is 16.8. The molecule has 0 aliphatic carbocycles. The molecule has 222 valence electrons. The van der Waals surface area contributed by atoms with E-state index >= 15 is 0 Å². The summed E-state index contributed by atoms with van der Waals surface area (Å²) in [5.41, 5.74) is 1.45. The van der Waals surface area contributed by atoms with Gasteiger partial charge in [-0.3, -0.25) is 0 Å². The minimum absolute atomic E-state index is 0.0540. The Morgan fingerprint density at radius 3 is 2.45 bits per heavy atom. The summed E-state index contributed by atoms with van der Waals surface area (Å²) in [5.74, 6) is 1.01. The van der Waals surface area contributed by atoms with E-state index in [-0.39, 0.29) is 34.1 Å². The summed E-state index contributed by atoms with van der Waals surface area (Å²) >= 11 is 0. The van der Waals surface area contributed by atoms with Gasteiger partial charge in [-0.05, 0) is 39.0 Å². The van der Waals surface area contributed by atoms with Crippen molar-refractivity contribution in [3.8, 4) is 17.1 Å². The van der Waals surface area contributed by atoms with Crippen molar-refractivity contribution in [2.75, 3.05) is 43.3 Å². The molecule has 2 aliphatic heterocycles. The van der Waals surface area contributed by atoms with Crippen molar-refractivity contribution in [1.82, 2.24) is 18.9 Å². The van der Waals surface area contributed by atoms with Crippen molar-refractivity contribution in [1.29, 1.82) is 0 Å². The Kier molecular flexibility index (Phi) is 6.70. The third-order valence-corrected chi connectivity index (χ3v) is 11.7. The molecule has 1 aromatic carbocycles. The maximum Gasteiger partial charge on any atom is 0.269 e. The number of benzene rings is 1. The molecule has 3 aromatic heterocycles.